The molecule has 1 aromatic rings. The maximum Gasteiger partial charge on any atom is 0.346 e. The molecule has 8 heteroatoms. The van der Waals surface area contributed by atoms with Crippen LogP contribution in [0.25, 0.3) is 0 Å². The quantitative estimate of drug-likeness (QED) is 0.661. The molecule has 0 saturated carbocycles. The number of amides is 1. The maximum atomic E-state index is 11.7. The summed E-state index contributed by atoms with van der Waals surface area (Å²) >= 11 is 0. The van der Waals surface area contributed by atoms with Crippen LogP contribution in [0.5, 0.6) is 0 Å². The third kappa shape index (κ3) is 3.19. The summed E-state index contributed by atoms with van der Waals surface area (Å²) in [6.07, 6.45) is 0.839. The Bertz CT molecular complexity index is 545. The van der Waals surface area contributed by atoms with Crippen LogP contribution in [0.3, 0.4) is 0 Å². The number of aryl methyl sites for hydroxylation is 1. The van der Waals surface area contributed by atoms with Crippen molar-refractivity contribution in [3.63, 3.8) is 0 Å². The van der Waals surface area contributed by atoms with Crippen molar-refractivity contribution in [3.8, 4) is 0 Å². The molecule has 0 atom stereocenters. The van der Waals surface area contributed by atoms with Crippen LogP contribution >= 0.6 is 0 Å². The van der Waals surface area contributed by atoms with E-state index in [1.807, 2.05) is 6.92 Å². The van der Waals surface area contributed by atoms with Gasteiger partial charge in [0.25, 0.3) is 5.56 Å². The molecule has 100 valence electrons. The van der Waals surface area contributed by atoms with Crippen molar-refractivity contribution in [2.24, 2.45) is 14.1 Å². The lowest BCUT2D eigenvalue weighted by Crippen LogP contribution is -2.41. The van der Waals surface area contributed by atoms with E-state index in [4.69, 9.17) is 0 Å². The van der Waals surface area contributed by atoms with Crippen LogP contribution in [-0.2, 0) is 18.9 Å². The van der Waals surface area contributed by atoms with Crippen LogP contribution in [-0.4, -0.2) is 33.3 Å². The number of nitrogens with one attached hydrogen (secondary N) is 2. The first-order chi connectivity index (χ1) is 8.47. The number of hydrogen-bond acceptors (Lipinski definition) is 5. The third-order valence-corrected chi connectivity index (χ3v) is 2.31. The second-order valence-corrected chi connectivity index (χ2v) is 3.82. The van der Waals surface area contributed by atoms with Crippen LogP contribution in [0.4, 0.5) is 5.82 Å². The highest BCUT2D eigenvalue weighted by atomic mass is 16.2. The second-order valence-electron chi connectivity index (χ2n) is 3.82. The molecule has 0 saturated heterocycles. The van der Waals surface area contributed by atoms with E-state index >= 15 is 0 Å². The second kappa shape index (κ2) is 5.99. The van der Waals surface area contributed by atoms with Gasteiger partial charge in [0.2, 0.25) is 11.7 Å². The fourth-order valence-electron chi connectivity index (χ4n) is 1.30. The number of hydrogen-bond donors (Lipinski definition) is 2. The minimum absolute atomic E-state index is 0.0220. The zero-order valence-corrected chi connectivity index (χ0v) is 10.7. The summed E-state index contributed by atoms with van der Waals surface area (Å²) < 4.78 is 1.97. The summed E-state index contributed by atoms with van der Waals surface area (Å²) in [5.74, 6) is -0.249. The van der Waals surface area contributed by atoms with Crippen molar-refractivity contribution in [3.05, 3.63) is 20.8 Å². The predicted molar refractivity (Wildman–Crippen MR) is 66.5 cm³/mol. The first kappa shape index (κ1) is 13.9. The average molecular weight is 255 g/mol. The van der Waals surface area contributed by atoms with Crippen molar-refractivity contribution in [2.75, 3.05) is 18.4 Å². The Morgan fingerprint density at radius 3 is 2.61 bits per heavy atom. The molecule has 0 bridgehead atoms. The van der Waals surface area contributed by atoms with Gasteiger partial charge in [-0.2, -0.15) is 0 Å². The fourth-order valence-corrected chi connectivity index (χ4v) is 1.30. The van der Waals surface area contributed by atoms with Gasteiger partial charge < -0.3 is 10.6 Å². The molecule has 1 rings (SSSR count). The van der Waals surface area contributed by atoms with Crippen LogP contribution < -0.4 is 21.9 Å². The summed E-state index contributed by atoms with van der Waals surface area (Å²) in [5, 5.41) is 9.04. The van der Waals surface area contributed by atoms with Crippen molar-refractivity contribution in [1.82, 2.24) is 19.7 Å². The molecule has 0 aromatic carbocycles. The SMILES string of the molecule is CCCNC(=O)CNc1nn(C)c(=O)n(C)c1=O. The van der Waals surface area contributed by atoms with E-state index in [0.29, 0.717) is 6.54 Å². The first-order valence-electron chi connectivity index (χ1n) is 5.62. The maximum absolute atomic E-state index is 11.7. The zero-order valence-electron chi connectivity index (χ0n) is 10.7. The van der Waals surface area contributed by atoms with Crippen molar-refractivity contribution in [1.29, 1.82) is 0 Å². The number of anilines is 1. The summed E-state index contributed by atoms with van der Waals surface area (Å²) in [6.45, 7) is 2.47. The smallest absolute Gasteiger partial charge is 0.346 e. The Kier molecular flexibility index (Phi) is 4.64. The zero-order chi connectivity index (χ0) is 13.7. The number of aromatic nitrogens is 3. The predicted octanol–water partition coefficient (Wildman–Crippen LogP) is -1.58. The Labute approximate surface area is 104 Å². The van der Waals surface area contributed by atoms with Crippen LogP contribution in [0.15, 0.2) is 9.59 Å². The molecule has 0 unspecified atom stereocenters. The summed E-state index contributed by atoms with van der Waals surface area (Å²) in [7, 11) is 2.79. The molecule has 0 spiro atoms. The molecule has 1 heterocycles. The largest absolute Gasteiger partial charge is 0.355 e. The van der Waals surface area contributed by atoms with Gasteiger partial charge in [-0.25, -0.2) is 9.48 Å². The highest BCUT2D eigenvalue weighted by Gasteiger charge is 2.09. The number of carbonyl (C=O) groups excluding carboxylic acids is 1. The van der Waals surface area contributed by atoms with E-state index < -0.39 is 11.2 Å². The lowest BCUT2D eigenvalue weighted by molar-refractivity contribution is -0.119. The molecule has 0 radical (unpaired) electrons. The molecule has 0 aliphatic heterocycles. The average Bonchev–Trinajstić information content (AvgIpc) is 2.36. The van der Waals surface area contributed by atoms with Crippen molar-refractivity contribution >= 4 is 11.7 Å². The fraction of sp³-hybridized carbons (Fsp3) is 0.600. The van der Waals surface area contributed by atoms with Crippen molar-refractivity contribution in [2.45, 2.75) is 13.3 Å². The first-order valence-corrected chi connectivity index (χ1v) is 5.62. The van der Waals surface area contributed by atoms with E-state index in [1.165, 1.54) is 14.1 Å². The number of nitrogens with zero attached hydrogens (tertiary/aromatic N) is 3. The molecule has 1 aromatic heterocycles. The summed E-state index contributed by atoms with van der Waals surface area (Å²) in [4.78, 5) is 34.4. The molecular weight excluding hydrogens is 238 g/mol. The minimum Gasteiger partial charge on any atom is -0.355 e. The standard InChI is InChI=1S/C10H17N5O3/c1-4-5-11-7(16)6-12-8-9(17)14(2)10(18)15(3)13-8/h4-6H2,1-3H3,(H,11,16)(H,12,13). The van der Waals surface area contributed by atoms with Gasteiger partial charge in [-0.05, 0) is 6.42 Å². The Hall–Kier alpha value is -2.12. The van der Waals surface area contributed by atoms with Gasteiger partial charge in [0.05, 0.1) is 6.54 Å². The van der Waals surface area contributed by atoms with Gasteiger partial charge in [-0.3, -0.25) is 14.2 Å². The van der Waals surface area contributed by atoms with Gasteiger partial charge in [0, 0.05) is 20.6 Å². The van der Waals surface area contributed by atoms with Crippen LogP contribution in [0.1, 0.15) is 13.3 Å². The van der Waals surface area contributed by atoms with Gasteiger partial charge in [-0.15, -0.1) is 5.10 Å². The van der Waals surface area contributed by atoms with E-state index in [1.54, 1.807) is 0 Å². The normalized spacial score (nSPS) is 10.2. The molecule has 0 aliphatic carbocycles. The molecule has 2 N–H and O–H groups in total. The van der Waals surface area contributed by atoms with Crippen LogP contribution in [0, 0.1) is 0 Å². The van der Waals surface area contributed by atoms with Gasteiger partial charge in [-0.1, -0.05) is 6.92 Å². The van der Waals surface area contributed by atoms with Gasteiger partial charge in [0.1, 0.15) is 0 Å². The molecule has 0 fully saturated rings. The number of rotatable bonds is 5. The monoisotopic (exact) mass is 255 g/mol. The van der Waals surface area contributed by atoms with E-state index in [9.17, 15) is 14.4 Å². The summed E-state index contributed by atoms with van der Waals surface area (Å²) in [6, 6.07) is 0. The molecule has 8 nitrogen and oxygen atoms in total. The molecule has 18 heavy (non-hydrogen) atoms. The Morgan fingerprint density at radius 2 is 2.00 bits per heavy atom. The highest BCUT2D eigenvalue weighted by Crippen LogP contribution is 1.87. The minimum atomic E-state index is -0.554. The van der Waals surface area contributed by atoms with Gasteiger partial charge in [0.15, 0.2) is 0 Å². The highest BCUT2D eigenvalue weighted by molar-refractivity contribution is 5.80. The van der Waals surface area contributed by atoms with Gasteiger partial charge >= 0.3 is 5.69 Å². The van der Waals surface area contributed by atoms with E-state index in [-0.39, 0.29) is 18.3 Å². The van der Waals surface area contributed by atoms with E-state index in [2.05, 4.69) is 15.7 Å². The lowest BCUT2D eigenvalue weighted by atomic mass is 10.4. The van der Waals surface area contributed by atoms with E-state index in [0.717, 1.165) is 15.7 Å². The Balaban J connectivity index is 2.78. The molecule has 0 aliphatic rings. The third-order valence-electron chi connectivity index (χ3n) is 2.31. The number of carbonyl (C=O) groups is 1. The molecule has 1 amide bonds. The summed E-state index contributed by atoms with van der Waals surface area (Å²) in [5.41, 5.74) is -1.07. The Morgan fingerprint density at radius 1 is 1.33 bits per heavy atom. The molecular formula is C10H17N5O3. The lowest BCUT2D eigenvalue weighted by Gasteiger charge is -2.08. The topological polar surface area (TPSA) is 98.0 Å². The van der Waals surface area contributed by atoms with Crippen molar-refractivity contribution < 1.29 is 4.79 Å². The van der Waals surface area contributed by atoms with Crippen LogP contribution in [0.2, 0.25) is 0 Å².